The molecule has 2 unspecified atom stereocenters. The normalized spacial score (nSPS) is 14.4. The molecule has 1 aromatic rings. The molecule has 102 valence electrons. The Hall–Kier alpha value is -0.510. The van der Waals surface area contributed by atoms with E-state index in [1.807, 2.05) is 11.8 Å². The number of aliphatic hydroxyl groups excluding tert-OH is 1. The lowest BCUT2D eigenvalue weighted by Gasteiger charge is -2.23. The van der Waals surface area contributed by atoms with E-state index in [0.717, 1.165) is 18.6 Å². The second kappa shape index (κ2) is 8.57. The first-order valence-electron chi connectivity index (χ1n) is 6.81. The highest BCUT2D eigenvalue weighted by molar-refractivity contribution is 7.99. The van der Waals surface area contributed by atoms with E-state index in [0.29, 0.717) is 12.1 Å². The number of hydrogen-bond donors (Lipinski definition) is 2. The molecular weight excluding hydrogens is 242 g/mol. The monoisotopic (exact) mass is 267 g/mol. The van der Waals surface area contributed by atoms with Crippen LogP contribution < -0.4 is 5.32 Å². The highest BCUT2D eigenvalue weighted by Crippen LogP contribution is 2.27. The number of hydrogen-bond acceptors (Lipinski definition) is 3. The zero-order valence-electron chi connectivity index (χ0n) is 11.6. The van der Waals surface area contributed by atoms with Crippen LogP contribution in [0.25, 0.3) is 0 Å². The number of benzene rings is 1. The van der Waals surface area contributed by atoms with Gasteiger partial charge in [-0.05, 0) is 37.1 Å². The first-order valence-corrected chi connectivity index (χ1v) is 7.80. The first kappa shape index (κ1) is 15.5. The summed E-state index contributed by atoms with van der Waals surface area (Å²) in [6.07, 6.45) is 1.87. The molecule has 0 fully saturated rings. The van der Waals surface area contributed by atoms with Crippen molar-refractivity contribution in [2.45, 2.75) is 50.6 Å². The number of nitrogens with one attached hydrogen (secondary N) is 1. The topological polar surface area (TPSA) is 32.3 Å². The van der Waals surface area contributed by atoms with Crippen LogP contribution in [0.3, 0.4) is 0 Å². The SMILES string of the molecule is CCSc1ccccc1C(C)NC(CC)CCO. The smallest absolute Gasteiger partial charge is 0.0445 e. The van der Waals surface area contributed by atoms with E-state index in [1.54, 1.807) is 0 Å². The van der Waals surface area contributed by atoms with Gasteiger partial charge in [0.1, 0.15) is 0 Å². The molecule has 0 aliphatic carbocycles. The van der Waals surface area contributed by atoms with Gasteiger partial charge in [-0.15, -0.1) is 11.8 Å². The molecule has 0 amide bonds. The highest BCUT2D eigenvalue weighted by Gasteiger charge is 2.14. The van der Waals surface area contributed by atoms with Crippen LogP contribution in [-0.4, -0.2) is 23.5 Å². The van der Waals surface area contributed by atoms with Gasteiger partial charge in [-0.1, -0.05) is 32.0 Å². The van der Waals surface area contributed by atoms with Crippen LogP contribution in [0, 0.1) is 0 Å². The molecule has 0 spiro atoms. The van der Waals surface area contributed by atoms with Crippen molar-refractivity contribution >= 4 is 11.8 Å². The standard InChI is InChI=1S/C15H25NOS/c1-4-13(10-11-17)16-12(3)14-8-6-7-9-15(14)18-5-2/h6-9,12-13,16-17H,4-5,10-11H2,1-3H3. The van der Waals surface area contributed by atoms with Gasteiger partial charge in [0.05, 0.1) is 0 Å². The summed E-state index contributed by atoms with van der Waals surface area (Å²) >= 11 is 1.89. The van der Waals surface area contributed by atoms with Crippen LogP contribution in [0.4, 0.5) is 0 Å². The molecule has 0 radical (unpaired) electrons. The lowest BCUT2D eigenvalue weighted by atomic mass is 10.1. The molecule has 0 heterocycles. The Morgan fingerprint density at radius 3 is 2.61 bits per heavy atom. The maximum absolute atomic E-state index is 9.05. The molecular formula is C15H25NOS. The summed E-state index contributed by atoms with van der Waals surface area (Å²) in [6, 6.07) is 9.30. The fourth-order valence-electron chi connectivity index (χ4n) is 2.13. The van der Waals surface area contributed by atoms with E-state index < -0.39 is 0 Å². The second-order valence-corrected chi connectivity index (χ2v) is 5.78. The van der Waals surface area contributed by atoms with Crippen LogP contribution in [0.15, 0.2) is 29.2 Å². The Morgan fingerprint density at radius 1 is 1.28 bits per heavy atom. The molecule has 0 aliphatic heterocycles. The summed E-state index contributed by atoms with van der Waals surface area (Å²) in [6.45, 7) is 6.80. The van der Waals surface area contributed by atoms with Crippen molar-refractivity contribution < 1.29 is 5.11 Å². The minimum absolute atomic E-state index is 0.254. The van der Waals surface area contributed by atoms with Crippen molar-refractivity contribution in [2.24, 2.45) is 0 Å². The van der Waals surface area contributed by atoms with Crippen molar-refractivity contribution in [1.82, 2.24) is 5.32 Å². The van der Waals surface area contributed by atoms with E-state index in [1.165, 1.54) is 10.5 Å². The molecule has 0 aromatic heterocycles. The minimum atomic E-state index is 0.254. The third-order valence-electron chi connectivity index (χ3n) is 3.14. The van der Waals surface area contributed by atoms with Crippen LogP contribution in [0.5, 0.6) is 0 Å². The molecule has 0 aliphatic rings. The van der Waals surface area contributed by atoms with Gasteiger partial charge in [0.15, 0.2) is 0 Å². The second-order valence-electron chi connectivity index (χ2n) is 4.48. The van der Waals surface area contributed by atoms with Gasteiger partial charge in [0, 0.05) is 23.6 Å². The molecule has 0 bridgehead atoms. The molecule has 2 atom stereocenters. The van der Waals surface area contributed by atoms with Crippen molar-refractivity contribution in [2.75, 3.05) is 12.4 Å². The Labute approximate surface area is 115 Å². The fraction of sp³-hybridized carbons (Fsp3) is 0.600. The van der Waals surface area contributed by atoms with Gasteiger partial charge in [0.25, 0.3) is 0 Å². The largest absolute Gasteiger partial charge is 0.396 e. The van der Waals surface area contributed by atoms with Crippen molar-refractivity contribution in [1.29, 1.82) is 0 Å². The Bertz CT molecular complexity index is 343. The molecule has 0 saturated heterocycles. The Morgan fingerprint density at radius 2 is 2.00 bits per heavy atom. The van der Waals surface area contributed by atoms with Crippen molar-refractivity contribution in [3.63, 3.8) is 0 Å². The number of thioether (sulfide) groups is 1. The molecule has 3 heteroatoms. The third kappa shape index (κ3) is 4.63. The summed E-state index contributed by atoms with van der Waals surface area (Å²) < 4.78 is 0. The first-order chi connectivity index (χ1) is 8.72. The lowest BCUT2D eigenvalue weighted by molar-refractivity contribution is 0.256. The highest BCUT2D eigenvalue weighted by atomic mass is 32.2. The molecule has 2 nitrogen and oxygen atoms in total. The van der Waals surface area contributed by atoms with Crippen LogP contribution in [0.2, 0.25) is 0 Å². The fourth-order valence-corrected chi connectivity index (χ4v) is 3.03. The summed E-state index contributed by atoms with van der Waals surface area (Å²) in [7, 11) is 0. The zero-order valence-corrected chi connectivity index (χ0v) is 12.5. The molecule has 1 aromatic carbocycles. The predicted molar refractivity (Wildman–Crippen MR) is 80.2 cm³/mol. The summed E-state index contributed by atoms with van der Waals surface area (Å²) in [5.74, 6) is 1.09. The van der Waals surface area contributed by atoms with Crippen molar-refractivity contribution in [3.8, 4) is 0 Å². The van der Waals surface area contributed by atoms with Crippen LogP contribution in [0.1, 0.15) is 45.2 Å². The van der Waals surface area contributed by atoms with Gasteiger partial charge < -0.3 is 10.4 Å². The van der Waals surface area contributed by atoms with E-state index in [2.05, 4.69) is 50.4 Å². The van der Waals surface area contributed by atoms with Crippen LogP contribution in [-0.2, 0) is 0 Å². The van der Waals surface area contributed by atoms with Crippen molar-refractivity contribution in [3.05, 3.63) is 29.8 Å². The third-order valence-corrected chi connectivity index (χ3v) is 4.11. The summed E-state index contributed by atoms with van der Waals surface area (Å²) in [4.78, 5) is 1.36. The number of rotatable bonds is 8. The Kier molecular flexibility index (Phi) is 7.40. The average Bonchev–Trinajstić information content (AvgIpc) is 2.39. The maximum atomic E-state index is 9.05. The Balaban J connectivity index is 2.73. The molecule has 1 rings (SSSR count). The summed E-state index contributed by atoms with van der Waals surface area (Å²) in [5, 5.41) is 12.7. The number of aliphatic hydroxyl groups is 1. The van der Waals surface area contributed by atoms with E-state index in [-0.39, 0.29) is 6.61 Å². The van der Waals surface area contributed by atoms with Gasteiger partial charge >= 0.3 is 0 Å². The van der Waals surface area contributed by atoms with Gasteiger partial charge in [0.2, 0.25) is 0 Å². The average molecular weight is 267 g/mol. The van der Waals surface area contributed by atoms with Gasteiger partial charge in [-0.3, -0.25) is 0 Å². The van der Waals surface area contributed by atoms with E-state index in [4.69, 9.17) is 5.11 Å². The maximum Gasteiger partial charge on any atom is 0.0445 e. The van der Waals surface area contributed by atoms with E-state index >= 15 is 0 Å². The predicted octanol–water partition coefficient (Wildman–Crippen LogP) is 3.61. The quantitative estimate of drug-likeness (QED) is 0.706. The lowest BCUT2D eigenvalue weighted by Crippen LogP contribution is -2.32. The van der Waals surface area contributed by atoms with Crippen LogP contribution >= 0.6 is 11.8 Å². The molecule has 18 heavy (non-hydrogen) atoms. The van der Waals surface area contributed by atoms with Gasteiger partial charge in [-0.2, -0.15) is 0 Å². The van der Waals surface area contributed by atoms with E-state index in [9.17, 15) is 0 Å². The summed E-state index contributed by atoms with van der Waals surface area (Å²) in [5.41, 5.74) is 1.36. The minimum Gasteiger partial charge on any atom is -0.396 e. The molecule has 2 N–H and O–H groups in total. The van der Waals surface area contributed by atoms with Gasteiger partial charge in [-0.25, -0.2) is 0 Å². The molecule has 0 saturated carbocycles. The zero-order chi connectivity index (χ0) is 13.4.